The number of carbonyl (C=O) groups excluding carboxylic acids is 1. The van der Waals surface area contributed by atoms with E-state index in [9.17, 15) is 13.2 Å². The molecule has 0 aromatic heterocycles. The van der Waals surface area contributed by atoms with Crippen molar-refractivity contribution in [3.8, 4) is 0 Å². The van der Waals surface area contributed by atoms with Gasteiger partial charge in [0.25, 0.3) is 0 Å². The van der Waals surface area contributed by atoms with Gasteiger partial charge in [0.15, 0.2) is 9.84 Å². The fraction of sp³-hybridized carbons (Fsp3) is 0.650. The quantitative estimate of drug-likeness (QED) is 0.743. The van der Waals surface area contributed by atoms with Gasteiger partial charge in [-0.2, -0.15) is 0 Å². The molecule has 2 aliphatic rings. The average molecular weight is 415 g/mol. The lowest BCUT2D eigenvalue weighted by molar-refractivity contribution is -0.120. The fourth-order valence-electron chi connectivity index (χ4n) is 4.41. The SMILES string of the molecule is Cl.NC[C@H]1CCC[C@H]1C(=O)Nc1cccc(CS(=O)(=O)C2CCCCC2)c1. The topological polar surface area (TPSA) is 89.3 Å². The molecule has 0 saturated heterocycles. The number of amides is 1. The summed E-state index contributed by atoms with van der Waals surface area (Å²) in [5.41, 5.74) is 7.19. The first-order valence-corrected chi connectivity index (χ1v) is 11.5. The minimum Gasteiger partial charge on any atom is -0.330 e. The van der Waals surface area contributed by atoms with E-state index in [4.69, 9.17) is 5.73 Å². The van der Waals surface area contributed by atoms with E-state index in [1.165, 1.54) is 0 Å². The van der Waals surface area contributed by atoms with E-state index < -0.39 is 9.84 Å². The highest BCUT2D eigenvalue weighted by Crippen LogP contribution is 2.32. The van der Waals surface area contributed by atoms with E-state index >= 15 is 0 Å². The summed E-state index contributed by atoms with van der Waals surface area (Å²) < 4.78 is 25.4. The highest BCUT2D eigenvalue weighted by Gasteiger charge is 2.32. The molecule has 152 valence electrons. The second-order valence-corrected chi connectivity index (χ2v) is 10.1. The van der Waals surface area contributed by atoms with Crippen LogP contribution >= 0.6 is 12.4 Å². The molecule has 3 N–H and O–H groups in total. The van der Waals surface area contributed by atoms with E-state index in [2.05, 4.69) is 5.32 Å². The number of benzene rings is 1. The van der Waals surface area contributed by atoms with Crippen LogP contribution in [0.2, 0.25) is 0 Å². The Labute approximate surface area is 168 Å². The third kappa shape index (κ3) is 5.69. The molecule has 2 saturated carbocycles. The summed E-state index contributed by atoms with van der Waals surface area (Å²) in [5.74, 6) is 0.278. The highest BCUT2D eigenvalue weighted by molar-refractivity contribution is 7.91. The van der Waals surface area contributed by atoms with Crippen molar-refractivity contribution in [3.63, 3.8) is 0 Å². The maximum atomic E-state index is 12.7. The molecule has 27 heavy (non-hydrogen) atoms. The lowest BCUT2D eigenvalue weighted by Crippen LogP contribution is -2.29. The van der Waals surface area contributed by atoms with Crippen LogP contribution in [0.25, 0.3) is 0 Å². The summed E-state index contributed by atoms with van der Waals surface area (Å²) in [7, 11) is -3.14. The number of nitrogens with one attached hydrogen (secondary N) is 1. The van der Waals surface area contributed by atoms with E-state index in [0.717, 1.165) is 56.9 Å². The molecule has 0 aliphatic heterocycles. The lowest BCUT2D eigenvalue weighted by atomic mass is 9.95. The molecular formula is C20H31ClN2O3S. The van der Waals surface area contributed by atoms with Crippen molar-refractivity contribution in [1.82, 2.24) is 0 Å². The molecule has 0 unspecified atom stereocenters. The van der Waals surface area contributed by atoms with Gasteiger partial charge in [-0.15, -0.1) is 12.4 Å². The Morgan fingerprint density at radius 2 is 1.81 bits per heavy atom. The molecule has 0 radical (unpaired) electrons. The number of rotatable bonds is 6. The van der Waals surface area contributed by atoms with Gasteiger partial charge in [0, 0.05) is 11.6 Å². The number of halogens is 1. The largest absolute Gasteiger partial charge is 0.330 e. The van der Waals surface area contributed by atoms with E-state index in [1.54, 1.807) is 6.07 Å². The summed E-state index contributed by atoms with van der Waals surface area (Å²) >= 11 is 0. The zero-order chi connectivity index (χ0) is 18.6. The number of carbonyl (C=O) groups is 1. The molecule has 3 rings (SSSR count). The van der Waals surface area contributed by atoms with Gasteiger partial charge in [0.1, 0.15) is 0 Å². The number of sulfone groups is 1. The van der Waals surface area contributed by atoms with Crippen LogP contribution in [0.15, 0.2) is 24.3 Å². The first-order chi connectivity index (χ1) is 12.5. The molecule has 2 fully saturated rings. The zero-order valence-electron chi connectivity index (χ0n) is 15.7. The van der Waals surface area contributed by atoms with Gasteiger partial charge in [-0.05, 0) is 55.8 Å². The zero-order valence-corrected chi connectivity index (χ0v) is 17.4. The smallest absolute Gasteiger partial charge is 0.227 e. The van der Waals surface area contributed by atoms with Crippen LogP contribution in [-0.4, -0.2) is 26.1 Å². The van der Waals surface area contributed by atoms with Gasteiger partial charge < -0.3 is 11.1 Å². The Morgan fingerprint density at radius 3 is 2.52 bits per heavy atom. The second-order valence-electron chi connectivity index (χ2n) is 7.79. The number of nitrogens with two attached hydrogens (primary N) is 1. The van der Waals surface area contributed by atoms with Gasteiger partial charge in [-0.1, -0.05) is 37.8 Å². The molecule has 0 spiro atoms. The van der Waals surface area contributed by atoms with Crippen molar-refractivity contribution < 1.29 is 13.2 Å². The summed E-state index contributed by atoms with van der Waals surface area (Å²) in [6.45, 7) is 0.539. The fourth-order valence-corrected chi connectivity index (χ4v) is 6.34. The van der Waals surface area contributed by atoms with Crippen LogP contribution < -0.4 is 11.1 Å². The Hall–Kier alpha value is -1.11. The second kappa shape index (κ2) is 9.89. The Kier molecular flexibility index (Phi) is 8.13. The molecule has 1 aromatic carbocycles. The van der Waals surface area contributed by atoms with Gasteiger partial charge >= 0.3 is 0 Å². The van der Waals surface area contributed by atoms with Crippen LogP contribution in [0.4, 0.5) is 5.69 Å². The van der Waals surface area contributed by atoms with Crippen molar-refractivity contribution in [2.24, 2.45) is 17.6 Å². The minimum atomic E-state index is -3.14. The third-order valence-electron chi connectivity index (χ3n) is 5.92. The Morgan fingerprint density at radius 1 is 1.07 bits per heavy atom. The molecule has 5 nitrogen and oxygen atoms in total. The van der Waals surface area contributed by atoms with Crippen LogP contribution in [-0.2, 0) is 20.4 Å². The van der Waals surface area contributed by atoms with Gasteiger partial charge in [0.05, 0.1) is 11.0 Å². The minimum absolute atomic E-state index is 0. The summed E-state index contributed by atoms with van der Waals surface area (Å²) in [5, 5.41) is 2.75. The number of anilines is 1. The molecule has 0 heterocycles. The van der Waals surface area contributed by atoms with Crippen molar-refractivity contribution in [2.45, 2.75) is 62.4 Å². The molecule has 1 amide bonds. The molecule has 2 aliphatic carbocycles. The van der Waals surface area contributed by atoms with Crippen molar-refractivity contribution in [2.75, 3.05) is 11.9 Å². The first-order valence-electron chi connectivity index (χ1n) is 9.81. The Bertz CT molecular complexity index is 732. The van der Waals surface area contributed by atoms with Crippen molar-refractivity contribution >= 4 is 33.8 Å². The normalized spacial score (nSPS) is 23.6. The monoisotopic (exact) mass is 414 g/mol. The van der Waals surface area contributed by atoms with E-state index in [1.807, 2.05) is 18.2 Å². The van der Waals surface area contributed by atoms with E-state index in [-0.39, 0.29) is 41.2 Å². The predicted molar refractivity (Wildman–Crippen MR) is 112 cm³/mol. The lowest BCUT2D eigenvalue weighted by Gasteiger charge is -2.22. The van der Waals surface area contributed by atoms with E-state index in [0.29, 0.717) is 12.2 Å². The maximum Gasteiger partial charge on any atom is 0.227 e. The average Bonchev–Trinajstić information content (AvgIpc) is 3.11. The van der Waals surface area contributed by atoms with Crippen LogP contribution in [0, 0.1) is 11.8 Å². The predicted octanol–water partition coefficient (Wildman–Crippen LogP) is 3.67. The third-order valence-corrected chi connectivity index (χ3v) is 8.14. The first kappa shape index (κ1) is 22.2. The van der Waals surface area contributed by atoms with Crippen molar-refractivity contribution in [1.29, 1.82) is 0 Å². The van der Waals surface area contributed by atoms with Crippen LogP contribution in [0.3, 0.4) is 0 Å². The molecular weight excluding hydrogens is 384 g/mol. The summed E-state index contributed by atoms with van der Waals surface area (Å²) in [4.78, 5) is 12.5. The molecule has 1 aromatic rings. The summed E-state index contributed by atoms with van der Waals surface area (Å²) in [6.07, 6.45) is 7.63. The van der Waals surface area contributed by atoms with Crippen LogP contribution in [0.5, 0.6) is 0 Å². The van der Waals surface area contributed by atoms with Gasteiger partial charge in [0.2, 0.25) is 5.91 Å². The molecule has 2 atom stereocenters. The number of hydrogen-bond acceptors (Lipinski definition) is 4. The molecule has 7 heteroatoms. The highest BCUT2D eigenvalue weighted by atomic mass is 35.5. The van der Waals surface area contributed by atoms with Crippen molar-refractivity contribution in [3.05, 3.63) is 29.8 Å². The van der Waals surface area contributed by atoms with Crippen LogP contribution in [0.1, 0.15) is 56.9 Å². The van der Waals surface area contributed by atoms with Gasteiger partial charge in [-0.25, -0.2) is 8.42 Å². The number of hydrogen-bond donors (Lipinski definition) is 2. The van der Waals surface area contributed by atoms with Gasteiger partial charge in [-0.3, -0.25) is 4.79 Å². The molecule has 0 bridgehead atoms. The Balaban J connectivity index is 0.00000261. The maximum absolute atomic E-state index is 12.7. The summed E-state index contributed by atoms with van der Waals surface area (Å²) in [6, 6.07) is 7.26. The standard InChI is InChI=1S/C20H30N2O3S.ClH/c21-13-16-7-5-11-19(16)20(23)22-17-8-4-6-15(12-17)14-26(24,25)18-9-2-1-3-10-18;/h4,6,8,12,16,18-19H,1-3,5,7,9-11,13-14,21H2,(H,22,23);1H/t16-,19-;/m1./s1.